The summed E-state index contributed by atoms with van der Waals surface area (Å²) in [6.45, 7) is 0. The molecule has 8 nitrogen and oxygen atoms in total. The Balaban J connectivity index is 3.24. The molecule has 1 aromatic carbocycles. The topological polar surface area (TPSA) is 113 Å². The second kappa shape index (κ2) is 5.21. The molecule has 1 aromatic rings. The van der Waals surface area contributed by atoms with E-state index in [1.54, 1.807) is 18.2 Å². The number of nitro groups is 2. The van der Waals surface area contributed by atoms with Gasteiger partial charge in [-0.05, 0) is 5.56 Å². The van der Waals surface area contributed by atoms with Crippen LogP contribution in [0.5, 0.6) is 0 Å². The van der Waals surface area contributed by atoms with Crippen LogP contribution in [-0.2, 0) is 16.0 Å². The van der Waals surface area contributed by atoms with Crippen LogP contribution in [0.2, 0.25) is 0 Å². The Bertz CT molecular complexity index is 459. The monoisotopic (exact) mass is 254 g/mol. The quantitative estimate of drug-likeness (QED) is 0.330. The molecule has 8 heteroatoms. The van der Waals surface area contributed by atoms with Gasteiger partial charge in [0.2, 0.25) is 0 Å². The van der Waals surface area contributed by atoms with Crippen LogP contribution in [0, 0.1) is 20.2 Å². The van der Waals surface area contributed by atoms with Gasteiger partial charge >= 0.3 is 11.6 Å². The number of rotatable bonds is 5. The number of methoxy groups -OCH3 is 1. The van der Waals surface area contributed by atoms with Gasteiger partial charge in [0.05, 0.1) is 7.11 Å². The largest absolute Gasteiger partial charge is 0.556 e. The highest BCUT2D eigenvalue weighted by Crippen LogP contribution is 2.20. The third-order valence-corrected chi connectivity index (χ3v) is 2.41. The van der Waals surface area contributed by atoms with Gasteiger partial charge < -0.3 is 4.74 Å². The standard InChI is InChI=1S/C10H10N2O6/c1-18-9(13)10(11(14)15,12(16)17)7-8-5-3-2-4-6-8/h2-6H,7H2,1H3. The number of carbonyl (C=O) groups is 1. The zero-order chi connectivity index (χ0) is 13.8. The summed E-state index contributed by atoms with van der Waals surface area (Å²) in [7, 11) is 0.870. The molecular formula is C10H10N2O6. The van der Waals surface area contributed by atoms with Crippen molar-refractivity contribution in [2.75, 3.05) is 7.11 Å². The summed E-state index contributed by atoms with van der Waals surface area (Å²) < 4.78 is 4.19. The van der Waals surface area contributed by atoms with E-state index in [9.17, 15) is 25.0 Å². The molecule has 0 unspecified atom stereocenters. The maximum atomic E-state index is 11.4. The SMILES string of the molecule is COC(=O)C(Cc1ccccc1)([N+](=O)[O-])[N+](=O)[O-]. The van der Waals surface area contributed by atoms with E-state index >= 15 is 0 Å². The lowest BCUT2D eigenvalue weighted by atomic mass is 10.0. The summed E-state index contributed by atoms with van der Waals surface area (Å²) in [6, 6.07) is 7.71. The zero-order valence-corrected chi connectivity index (χ0v) is 9.44. The highest BCUT2D eigenvalue weighted by molar-refractivity contribution is 5.77. The van der Waals surface area contributed by atoms with Crippen molar-refractivity contribution in [1.29, 1.82) is 0 Å². The molecule has 1 rings (SSSR count). The minimum Gasteiger partial charge on any atom is -0.458 e. The van der Waals surface area contributed by atoms with Crippen molar-refractivity contribution in [3.63, 3.8) is 0 Å². The van der Waals surface area contributed by atoms with Gasteiger partial charge in [-0.3, -0.25) is 20.2 Å². The van der Waals surface area contributed by atoms with Crippen LogP contribution >= 0.6 is 0 Å². The molecule has 0 N–H and O–H groups in total. The summed E-state index contributed by atoms with van der Waals surface area (Å²) in [5.41, 5.74) is -2.70. The van der Waals surface area contributed by atoms with E-state index in [0.29, 0.717) is 5.56 Å². The second-order valence-electron chi connectivity index (χ2n) is 3.48. The predicted molar refractivity (Wildman–Crippen MR) is 58.9 cm³/mol. The first-order valence-electron chi connectivity index (χ1n) is 4.86. The van der Waals surface area contributed by atoms with Gasteiger partial charge in [0, 0.05) is 0 Å². The average molecular weight is 254 g/mol. The number of benzene rings is 1. The fourth-order valence-electron chi connectivity index (χ4n) is 1.46. The van der Waals surface area contributed by atoms with Gasteiger partial charge in [-0.1, -0.05) is 30.3 Å². The van der Waals surface area contributed by atoms with Crippen LogP contribution in [0.15, 0.2) is 30.3 Å². The third kappa shape index (κ3) is 2.26. The van der Waals surface area contributed by atoms with Gasteiger partial charge in [0.15, 0.2) is 0 Å². The Labute approximate surface area is 101 Å². The molecule has 0 aliphatic rings. The smallest absolute Gasteiger partial charge is 0.458 e. The molecule has 0 fully saturated rings. The Morgan fingerprint density at radius 1 is 1.22 bits per heavy atom. The Kier molecular flexibility index (Phi) is 3.93. The zero-order valence-electron chi connectivity index (χ0n) is 9.44. The van der Waals surface area contributed by atoms with Crippen molar-refractivity contribution in [3.05, 3.63) is 56.1 Å². The van der Waals surface area contributed by atoms with E-state index in [1.165, 1.54) is 12.1 Å². The molecule has 0 spiro atoms. The molecule has 0 bridgehead atoms. The first-order chi connectivity index (χ1) is 8.45. The number of hydrogen-bond donors (Lipinski definition) is 0. The molecule has 0 saturated carbocycles. The Morgan fingerprint density at radius 2 is 1.72 bits per heavy atom. The number of nitrogens with zero attached hydrogens (tertiary/aromatic N) is 2. The first kappa shape index (κ1) is 13.6. The van der Waals surface area contributed by atoms with Crippen LogP contribution in [0.4, 0.5) is 0 Å². The molecule has 0 amide bonds. The van der Waals surface area contributed by atoms with E-state index in [1.807, 2.05) is 0 Å². The first-order valence-corrected chi connectivity index (χ1v) is 4.86. The molecule has 0 aliphatic carbocycles. The van der Waals surface area contributed by atoms with Crippen LogP contribution < -0.4 is 0 Å². The summed E-state index contributed by atoms with van der Waals surface area (Å²) in [6.07, 6.45) is -0.666. The third-order valence-electron chi connectivity index (χ3n) is 2.41. The number of esters is 1. The van der Waals surface area contributed by atoms with Crippen molar-refractivity contribution in [2.24, 2.45) is 0 Å². The second-order valence-corrected chi connectivity index (χ2v) is 3.48. The van der Waals surface area contributed by atoms with Crippen LogP contribution in [0.1, 0.15) is 5.56 Å². The minimum absolute atomic E-state index is 0.302. The predicted octanol–water partition coefficient (Wildman–Crippen LogP) is 0.652. The molecule has 0 atom stereocenters. The lowest BCUT2D eigenvalue weighted by molar-refractivity contribution is -0.777. The van der Waals surface area contributed by atoms with Gasteiger partial charge in [-0.15, -0.1) is 0 Å². The van der Waals surface area contributed by atoms with Crippen molar-refractivity contribution < 1.29 is 19.4 Å². The molecular weight excluding hydrogens is 244 g/mol. The van der Waals surface area contributed by atoms with Crippen molar-refractivity contribution >= 4 is 5.97 Å². The summed E-state index contributed by atoms with van der Waals surface area (Å²) >= 11 is 0. The van der Waals surface area contributed by atoms with Crippen LogP contribution in [-0.4, -0.2) is 28.6 Å². The summed E-state index contributed by atoms with van der Waals surface area (Å²) in [5.74, 6) is -1.50. The van der Waals surface area contributed by atoms with E-state index < -0.39 is 27.9 Å². The molecule has 0 saturated heterocycles. The molecule has 0 heterocycles. The minimum atomic E-state index is -3.00. The highest BCUT2D eigenvalue weighted by atomic mass is 16.7. The average Bonchev–Trinajstić information content (AvgIpc) is 2.35. The maximum Gasteiger partial charge on any atom is 0.556 e. The van der Waals surface area contributed by atoms with Crippen LogP contribution in [0.3, 0.4) is 0 Å². The lowest BCUT2D eigenvalue weighted by Crippen LogP contribution is -2.55. The number of ether oxygens (including phenoxy) is 1. The fraction of sp³-hybridized carbons (Fsp3) is 0.300. The molecule has 0 aromatic heterocycles. The van der Waals surface area contributed by atoms with Gasteiger partial charge in [0.1, 0.15) is 16.3 Å². The summed E-state index contributed by atoms with van der Waals surface area (Å²) in [4.78, 5) is 30.8. The van der Waals surface area contributed by atoms with Gasteiger partial charge in [-0.2, -0.15) is 0 Å². The van der Waals surface area contributed by atoms with Crippen molar-refractivity contribution in [3.8, 4) is 0 Å². The Morgan fingerprint density at radius 3 is 2.11 bits per heavy atom. The molecule has 96 valence electrons. The fourth-order valence-corrected chi connectivity index (χ4v) is 1.46. The van der Waals surface area contributed by atoms with Crippen molar-refractivity contribution in [2.45, 2.75) is 12.1 Å². The number of carbonyl (C=O) groups excluding carboxylic acids is 1. The van der Waals surface area contributed by atoms with E-state index in [2.05, 4.69) is 4.74 Å². The lowest BCUT2D eigenvalue weighted by Gasteiger charge is -2.14. The number of hydrogen-bond acceptors (Lipinski definition) is 6. The normalized spacial score (nSPS) is 10.7. The van der Waals surface area contributed by atoms with E-state index in [4.69, 9.17) is 0 Å². The van der Waals surface area contributed by atoms with E-state index in [-0.39, 0.29) is 0 Å². The summed E-state index contributed by atoms with van der Waals surface area (Å²) in [5, 5.41) is 21.9. The van der Waals surface area contributed by atoms with Crippen molar-refractivity contribution in [1.82, 2.24) is 0 Å². The maximum absolute atomic E-state index is 11.4. The van der Waals surface area contributed by atoms with E-state index in [0.717, 1.165) is 7.11 Å². The molecule has 0 aliphatic heterocycles. The Hall–Kier alpha value is -2.51. The molecule has 18 heavy (non-hydrogen) atoms. The molecule has 0 radical (unpaired) electrons. The van der Waals surface area contributed by atoms with Crippen LogP contribution in [0.25, 0.3) is 0 Å². The van der Waals surface area contributed by atoms with Gasteiger partial charge in [-0.25, -0.2) is 4.79 Å². The van der Waals surface area contributed by atoms with Gasteiger partial charge in [0.25, 0.3) is 0 Å². The highest BCUT2D eigenvalue weighted by Gasteiger charge is 2.65.